The number of anilines is 1. The molecule has 1 aliphatic rings. The van der Waals surface area contributed by atoms with Gasteiger partial charge in [-0.2, -0.15) is 0 Å². The molecule has 0 aliphatic carbocycles. The van der Waals surface area contributed by atoms with Gasteiger partial charge in [-0.15, -0.1) is 16.8 Å². The Kier molecular flexibility index (Phi) is 11.8. The van der Waals surface area contributed by atoms with Crippen molar-refractivity contribution in [3.8, 4) is 23.0 Å². The average molecular weight is 662 g/mol. The van der Waals surface area contributed by atoms with Crippen LogP contribution in [-0.2, 0) is 19.6 Å². The van der Waals surface area contributed by atoms with Gasteiger partial charge in [0, 0.05) is 23.5 Å². The number of methoxy groups -OCH3 is 1. The first-order valence-corrected chi connectivity index (χ1v) is 16.7. The number of hydrogen-bond donors (Lipinski definition) is 2. The van der Waals surface area contributed by atoms with E-state index in [0.29, 0.717) is 5.75 Å². The van der Waals surface area contributed by atoms with Crippen molar-refractivity contribution in [3.05, 3.63) is 66.2 Å². The Labute approximate surface area is 266 Å². The molecule has 3 aromatic rings. The third-order valence-electron chi connectivity index (χ3n) is 6.54. The van der Waals surface area contributed by atoms with Crippen molar-refractivity contribution >= 4 is 39.5 Å². The summed E-state index contributed by atoms with van der Waals surface area (Å²) in [5.74, 6) is 0.181. The van der Waals surface area contributed by atoms with Crippen LogP contribution in [-0.4, -0.2) is 94.9 Å². The number of hydroxylamine groups is 2. The van der Waals surface area contributed by atoms with Gasteiger partial charge in [0.05, 0.1) is 44.0 Å². The standard InChI is InChI=1S/C30H35N3O10S2/c1-4-40-30(36)43-33-15-13-32(14-16-33)29(35)21-19-24(31-45(37,38)23-11-9-22(44-3)10-12-23)28(27(20-21)41-18-17-34)42-26-8-6-5-7-25(26)39-2/h5-12,19-20,31,34H,4,13-18H2,1-3H3. The molecule has 45 heavy (non-hydrogen) atoms. The lowest BCUT2D eigenvalue weighted by Crippen LogP contribution is -2.49. The van der Waals surface area contributed by atoms with Gasteiger partial charge < -0.3 is 33.8 Å². The van der Waals surface area contributed by atoms with Gasteiger partial charge in [-0.05, 0) is 61.7 Å². The molecule has 4 rings (SSSR count). The van der Waals surface area contributed by atoms with E-state index >= 15 is 0 Å². The van der Waals surface area contributed by atoms with Crippen LogP contribution in [0.3, 0.4) is 0 Å². The van der Waals surface area contributed by atoms with Crippen molar-refractivity contribution < 1.29 is 46.9 Å². The Morgan fingerprint density at radius 3 is 2.29 bits per heavy atom. The number of sulfonamides is 1. The highest BCUT2D eigenvalue weighted by Gasteiger charge is 2.28. The molecule has 1 aliphatic heterocycles. The molecule has 0 bridgehead atoms. The fourth-order valence-corrected chi connectivity index (χ4v) is 5.82. The van der Waals surface area contributed by atoms with Gasteiger partial charge >= 0.3 is 6.16 Å². The van der Waals surface area contributed by atoms with Gasteiger partial charge in [0.1, 0.15) is 6.61 Å². The third kappa shape index (κ3) is 8.72. The number of hydrogen-bond acceptors (Lipinski definition) is 12. The van der Waals surface area contributed by atoms with Crippen LogP contribution in [0.4, 0.5) is 10.5 Å². The minimum Gasteiger partial charge on any atom is -0.493 e. The molecule has 0 spiro atoms. The maximum Gasteiger partial charge on any atom is 0.527 e. The average Bonchev–Trinajstić information content (AvgIpc) is 3.05. The number of amides is 1. The molecule has 0 unspecified atom stereocenters. The maximum atomic E-state index is 13.7. The van der Waals surface area contributed by atoms with Crippen LogP contribution >= 0.6 is 11.8 Å². The van der Waals surface area contributed by atoms with E-state index in [9.17, 15) is 23.1 Å². The lowest BCUT2D eigenvalue weighted by Gasteiger charge is -2.33. The summed E-state index contributed by atoms with van der Waals surface area (Å²) in [6, 6.07) is 15.9. The number of benzene rings is 3. The van der Waals surface area contributed by atoms with Crippen molar-refractivity contribution in [2.45, 2.75) is 16.7 Å². The van der Waals surface area contributed by atoms with E-state index in [4.69, 9.17) is 23.8 Å². The van der Waals surface area contributed by atoms with Gasteiger partial charge in [0.2, 0.25) is 0 Å². The van der Waals surface area contributed by atoms with Gasteiger partial charge in [0.25, 0.3) is 15.9 Å². The zero-order valence-electron chi connectivity index (χ0n) is 25.1. The maximum absolute atomic E-state index is 13.7. The molecule has 1 saturated heterocycles. The highest BCUT2D eigenvalue weighted by atomic mass is 32.2. The summed E-state index contributed by atoms with van der Waals surface area (Å²) in [7, 11) is -2.70. The van der Waals surface area contributed by atoms with Crippen molar-refractivity contribution in [1.29, 1.82) is 0 Å². The number of carbonyl (C=O) groups is 2. The van der Waals surface area contributed by atoms with Crippen LogP contribution in [0.2, 0.25) is 0 Å². The van der Waals surface area contributed by atoms with Crippen molar-refractivity contribution in [2.75, 3.05) is 64.1 Å². The predicted molar refractivity (Wildman–Crippen MR) is 167 cm³/mol. The van der Waals surface area contributed by atoms with Crippen LogP contribution in [0, 0.1) is 0 Å². The van der Waals surface area contributed by atoms with Crippen LogP contribution in [0.15, 0.2) is 70.5 Å². The molecule has 15 heteroatoms. The van der Waals surface area contributed by atoms with E-state index in [1.165, 1.54) is 53.1 Å². The van der Waals surface area contributed by atoms with E-state index in [1.807, 2.05) is 6.26 Å². The molecule has 0 radical (unpaired) electrons. The highest BCUT2D eigenvalue weighted by molar-refractivity contribution is 7.98. The molecule has 1 amide bonds. The summed E-state index contributed by atoms with van der Waals surface area (Å²) in [5.41, 5.74) is 0.0310. The van der Waals surface area contributed by atoms with Gasteiger partial charge in [-0.3, -0.25) is 9.52 Å². The lowest BCUT2D eigenvalue weighted by molar-refractivity contribution is -0.141. The number of piperazine rings is 1. The number of aliphatic hydroxyl groups excluding tert-OH is 1. The SMILES string of the molecule is CCOC(=O)ON1CCN(C(=O)c2cc(NS(=O)(=O)c3ccc(SC)cc3)c(Oc3ccccc3OC)c(OCCO)c2)CC1. The predicted octanol–water partition coefficient (Wildman–Crippen LogP) is 4.23. The Balaban J connectivity index is 1.72. The van der Waals surface area contributed by atoms with E-state index < -0.39 is 22.1 Å². The summed E-state index contributed by atoms with van der Waals surface area (Å²) >= 11 is 1.47. The van der Waals surface area contributed by atoms with E-state index in [-0.39, 0.29) is 79.4 Å². The van der Waals surface area contributed by atoms with E-state index in [0.717, 1.165) is 4.90 Å². The second kappa shape index (κ2) is 15.7. The number of thioether (sulfide) groups is 1. The van der Waals surface area contributed by atoms with Gasteiger partial charge in [-0.1, -0.05) is 12.1 Å². The molecule has 242 valence electrons. The van der Waals surface area contributed by atoms with Gasteiger partial charge in [-0.25, -0.2) is 13.2 Å². The molecular formula is C30H35N3O10S2. The molecule has 0 aromatic heterocycles. The molecule has 2 N–H and O–H groups in total. The molecule has 3 aromatic carbocycles. The zero-order valence-corrected chi connectivity index (χ0v) is 26.7. The smallest absolute Gasteiger partial charge is 0.493 e. The number of nitrogens with one attached hydrogen (secondary N) is 1. The molecule has 0 atom stereocenters. The fourth-order valence-electron chi connectivity index (χ4n) is 4.36. The van der Waals surface area contributed by atoms with Crippen molar-refractivity contribution in [1.82, 2.24) is 9.96 Å². The zero-order chi connectivity index (χ0) is 32.4. The second-order valence-electron chi connectivity index (χ2n) is 9.45. The Hall–Kier alpha value is -4.18. The second-order valence-corrected chi connectivity index (χ2v) is 12.0. The quantitative estimate of drug-likeness (QED) is 0.199. The van der Waals surface area contributed by atoms with Crippen LogP contribution in [0.1, 0.15) is 17.3 Å². The molecule has 1 fully saturated rings. The molecular weight excluding hydrogens is 626 g/mol. The summed E-state index contributed by atoms with van der Waals surface area (Å²) in [6.07, 6.45) is 1.06. The third-order valence-corrected chi connectivity index (χ3v) is 8.66. The Morgan fingerprint density at radius 2 is 1.67 bits per heavy atom. The van der Waals surface area contributed by atoms with Crippen molar-refractivity contribution in [2.24, 2.45) is 0 Å². The Bertz CT molecular complexity index is 1580. The van der Waals surface area contributed by atoms with Crippen molar-refractivity contribution in [3.63, 3.8) is 0 Å². The Morgan fingerprint density at radius 1 is 0.978 bits per heavy atom. The summed E-state index contributed by atoms with van der Waals surface area (Å²) in [5, 5.41) is 10.9. The summed E-state index contributed by atoms with van der Waals surface area (Å²) in [6.45, 7) is 2.23. The number of para-hydroxylation sites is 2. The first-order chi connectivity index (χ1) is 21.7. The largest absolute Gasteiger partial charge is 0.527 e. The van der Waals surface area contributed by atoms with Gasteiger partial charge in [0.15, 0.2) is 23.0 Å². The first-order valence-electron chi connectivity index (χ1n) is 14.0. The number of nitrogens with zero attached hydrogens (tertiary/aromatic N) is 2. The van der Waals surface area contributed by atoms with Crippen LogP contribution in [0.5, 0.6) is 23.0 Å². The number of aliphatic hydroxyl groups is 1. The van der Waals surface area contributed by atoms with E-state index in [2.05, 4.69) is 4.72 Å². The number of ether oxygens (including phenoxy) is 4. The fraction of sp³-hybridized carbons (Fsp3) is 0.333. The van der Waals surface area contributed by atoms with Crippen LogP contribution in [0.25, 0.3) is 0 Å². The first kappa shape index (κ1) is 33.7. The molecule has 1 heterocycles. The number of rotatable bonds is 13. The summed E-state index contributed by atoms with van der Waals surface area (Å²) < 4.78 is 51.9. The summed E-state index contributed by atoms with van der Waals surface area (Å²) in [4.78, 5) is 33.0. The number of carbonyl (C=O) groups excluding carboxylic acids is 2. The lowest BCUT2D eigenvalue weighted by atomic mass is 10.1. The molecule has 13 nitrogen and oxygen atoms in total. The topological polar surface area (TPSA) is 153 Å². The van der Waals surface area contributed by atoms with Crippen LogP contribution < -0.4 is 18.9 Å². The highest BCUT2D eigenvalue weighted by Crippen LogP contribution is 2.43. The molecule has 0 saturated carbocycles. The normalized spacial score (nSPS) is 13.6. The minimum absolute atomic E-state index is 0.00387. The minimum atomic E-state index is -4.16. The van der Waals surface area contributed by atoms with E-state index in [1.54, 1.807) is 43.3 Å². The monoisotopic (exact) mass is 661 g/mol.